The molecule has 0 bridgehead atoms. The lowest BCUT2D eigenvalue weighted by Gasteiger charge is -2.29. The lowest BCUT2D eigenvalue weighted by atomic mass is 9.99. The Morgan fingerprint density at radius 1 is 1.35 bits per heavy atom. The molecule has 20 heavy (non-hydrogen) atoms. The van der Waals surface area contributed by atoms with Crippen molar-refractivity contribution in [2.45, 2.75) is 13.3 Å². The molecule has 1 aliphatic rings. The number of fused-ring (bicyclic) bond motifs is 1. The van der Waals surface area contributed by atoms with Crippen LogP contribution in [0.15, 0.2) is 40.9 Å². The molecule has 1 aliphatic heterocycles. The first kappa shape index (κ1) is 12.9. The van der Waals surface area contributed by atoms with E-state index < -0.39 is 0 Å². The molecule has 1 amide bonds. The Balaban J connectivity index is 2.04. The van der Waals surface area contributed by atoms with Crippen LogP contribution in [0.25, 0.3) is 0 Å². The van der Waals surface area contributed by atoms with Crippen molar-refractivity contribution >= 4 is 28.6 Å². The Labute approximate surface area is 121 Å². The second kappa shape index (κ2) is 5.09. The topological polar surface area (TPSA) is 52.9 Å². The number of para-hydroxylation sites is 1. The van der Waals surface area contributed by atoms with E-state index in [2.05, 4.69) is 5.16 Å². The minimum atomic E-state index is 0.0157. The van der Waals surface area contributed by atoms with Gasteiger partial charge in [-0.25, -0.2) is 0 Å². The van der Waals surface area contributed by atoms with Gasteiger partial charge in [-0.05, 0) is 30.0 Å². The van der Waals surface area contributed by atoms with Crippen LogP contribution in [0, 0.1) is 6.92 Å². The summed E-state index contributed by atoms with van der Waals surface area (Å²) in [4.78, 5) is 15.2. The molecule has 0 saturated carbocycles. The molecule has 0 saturated heterocycles. The van der Waals surface area contributed by atoms with Crippen molar-refractivity contribution in [1.29, 1.82) is 0 Å². The first-order chi connectivity index (χ1) is 9.72. The van der Waals surface area contributed by atoms with Crippen molar-refractivity contribution in [3.8, 4) is 0 Å². The minimum absolute atomic E-state index is 0.0157. The van der Waals surface area contributed by atoms with Crippen molar-refractivity contribution < 1.29 is 10.0 Å². The average molecular weight is 286 g/mol. The first-order valence-electron chi connectivity index (χ1n) is 6.38. The van der Waals surface area contributed by atoms with E-state index in [1.54, 1.807) is 4.90 Å². The fraction of sp³-hybridized carbons (Fsp3) is 0.200. The number of nitrogens with zero attached hydrogens (tertiary/aromatic N) is 2. The van der Waals surface area contributed by atoms with Gasteiger partial charge in [0.05, 0.1) is 16.3 Å². The number of carbonyl (C=O) groups is 1. The number of hydrogen-bond acceptors (Lipinski definition) is 4. The number of rotatable bonds is 1. The van der Waals surface area contributed by atoms with Gasteiger partial charge in [0.15, 0.2) is 0 Å². The molecular formula is C15H14N2O2S. The SMILES string of the molecule is Cc1ccsc1C(=O)N1CCC(=NO)c2ccccc21. The Morgan fingerprint density at radius 2 is 2.15 bits per heavy atom. The van der Waals surface area contributed by atoms with Crippen LogP contribution in [0.5, 0.6) is 0 Å². The van der Waals surface area contributed by atoms with Crippen LogP contribution in [0.2, 0.25) is 0 Å². The van der Waals surface area contributed by atoms with Crippen LogP contribution in [0.4, 0.5) is 5.69 Å². The number of aryl methyl sites for hydroxylation is 1. The van der Waals surface area contributed by atoms with Crippen LogP contribution >= 0.6 is 11.3 Å². The van der Waals surface area contributed by atoms with Gasteiger partial charge in [-0.1, -0.05) is 23.4 Å². The van der Waals surface area contributed by atoms with E-state index in [1.807, 2.05) is 42.6 Å². The standard InChI is InChI=1S/C15H14N2O2S/c1-10-7-9-20-14(10)15(18)17-8-6-12(16-19)11-4-2-3-5-13(11)17/h2-5,7,9,19H,6,8H2,1H3. The van der Waals surface area contributed by atoms with Gasteiger partial charge in [0.25, 0.3) is 5.91 Å². The molecule has 0 spiro atoms. The molecule has 1 aromatic carbocycles. The number of oxime groups is 1. The van der Waals surface area contributed by atoms with E-state index >= 15 is 0 Å². The summed E-state index contributed by atoms with van der Waals surface area (Å²) in [6.45, 7) is 2.48. The molecule has 0 unspecified atom stereocenters. The Hall–Kier alpha value is -2.14. The largest absolute Gasteiger partial charge is 0.411 e. The molecule has 5 heteroatoms. The molecule has 1 N–H and O–H groups in total. The molecule has 0 aliphatic carbocycles. The van der Waals surface area contributed by atoms with E-state index in [0.717, 1.165) is 21.7 Å². The van der Waals surface area contributed by atoms with Gasteiger partial charge in [-0.3, -0.25) is 4.79 Å². The van der Waals surface area contributed by atoms with Gasteiger partial charge in [0.2, 0.25) is 0 Å². The van der Waals surface area contributed by atoms with Crippen molar-refractivity contribution in [3.05, 3.63) is 51.7 Å². The average Bonchev–Trinajstić information content (AvgIpc) is 2.91. The minimum Gasteiger partial charge on any atom is -0.411 e. The molecule has 0 atom stereocenters. The van der Waals surface area contributed by atoms with Gasteiger partial charge in [0.1, 0.15) is 0 Å². The van der Waals surface area contributed by atoms with Crippen molar-refractivity contribution in [2.24, 2.45) is 5.16 Å². The lowest BCUT2D eigenvalue weighted by molar-refractivity contribution is 0.0990. The Kier molecular flexibility index (Phi) is 3.28. The third-order valence-electron chi connectivity index (χ3n) is 3.50. The van der Waals surface area contributed by atoms with E-state index in [1.165, 1.54) is 11.3 Å². The van der Waals surface area contributed by atoms with Crippen LogP contribution < -0.4 is 4.90 Å². The maximum Gasteiger partial charge on any atom is 0.268 e. The third kappa shape index (κ3) is 2.00. The second-order valence-corrected chi connectivity index (χ2v) is 5.62. The van der Waals surface area contributed by atoms with E-state index in [0.29, 0.717) is 18.7 Å². The summed E-state index contributed by atoms with van der Waals surface area (Å²) in [5, 5.41) is 14.4. The number of thiophene rings is 1. The zero-order chi connectivity index (χ0) is 14.1. The highest BCUT2D eigenvalue weighted by molar-refractivity contribution is 7.12. The molecule has 0 radical (unpaired) electrons. The zero-order valence-corrected chi connectivity index (χ0v) is 11.9. The lowest BCUT2D eigenvalue weighted by Crippen LogP contribution is -2.37. The van der Waals surface area contributed by atoms with Gasteiger partial charge >= 0.3 is 0 Å². The molecule has 2 heterocycles. The van der Waals surface area contributed by atoms with Gasteiger partial charge in [-0.2, -0.15) is 0 Å². The predicted molar refractivity (Wildman–Crippen MR) is 80.1 cm³/mol. The first-order valence-corrected chi connectivity index (χ1v) is 7.26. The van der Waals surface area contributed by atoms with Crippen LogP contribution in [-0.4, -0.2) is 23.4 Å². The Bertz CT molecular complexity index is 691. The van der Waals surface area contributed by atoms with Crippen molar-refractivity contribution in [1.82, 2.24) is 0 Å². The second-order valence-electron chi connectivity index (χ2n) is 4.70. The summed E-state index contributed by atoms with van der Waals surface area (Å²) >= 11 is 1.46. The number of hydrogen-bond donors (Lipinski definition) is 1. The van der Waals surface area contributed by atoms with E-state index in [9.17, 15) is 4.79 Å². The summed E-state index contributed by atoms with van der Waals surface area (Å²) < 4.78 is 0. The highest BCUT2D eigenvalue weighted by atomic mass is 32.1. The van der Waals surface area contributed by atoms with Gasteiger partial charge in [0, 0.05) is 18.5 Å². The van der Waals surface area contributed by atoms with E-state index in [4.69, 9.17) is 5.21 Å². The fourth-order valence-corrected chi connectivity index (χ4v) is 3.33. The van der Waals surface area contributed by atoms with Crippen LogP contribution in [0.1, 0.15) is 27.2 Å². The Morgan fingerprint density at radius 3 is 2.85 bits per heavy atom. The molecule has 102 valence electrons. The zero-order valence-electron chi connectivity index (χ0n) is 11.0. The summed E-state index contributed by atoms with van der Waals surface area (Å²) in [5.41, 5.74) is 3.26. The maximum absolute atomic E-state index is 12.7. The molecule has 2 aromatic rings. The number of benzene rings is 1. The molecule has 3 rings (SSSR count). The fourth-order valence-electron chi connectivity index (χ4n) is 2.46. The third-order valence-corrected chi connectivity index (χ3v) is 4.50. The molecule has 0 fully saturated rings. The predicted octanol–water partition coefficient (Wildman–Crippen LogP) is 3.29. The maximum atomic E-state index is 12.7. The monoisotopic (exact) mass is 286 g/mol. The van der Waals surface area contributed by atoms with Crippen molar-refractivity contribution in [3.63, 3.8) is 0 Å². The highest BCUT2D eigenvalue weighted by Crippen LogP contribution is 2.30. The van der Waals surface area contributed by atoms with Gasteiger partial charge in [-0.15, -0.1) is 11.3 Å². The number of carbonyl (C=O) groups excluding carboxylic acids is 1. The summed E-state index contributed by atoms with van der Waals surface area (Å²) in [6, 6.07) is 9.50. The van der Waals surface area contributed by atoms with E-state index in [-0.39, 0.29) is 5.91 Å². The summed E-state index contributed by atoms with van der Waals surface area (Å²) in [7, 11) is 0. The van der Waals surface area contributed by atoms with Crippen molar-refractivity contribution in [2.75, 3.05) is 11.4 Å². The van der Waals surface area contributed by atoms with Crippen LogP contribution in [0.3, 0.4) is 0 Å². The molecule has 1 aromatic heterocycles. The quantitative estimate of drug-likeness (QED) is 0.646. The normalized spacial score (nSPS) is 16.2. The number of anilines is 1. The smallest absolute Gasteiger partial charge is 0.268 e. The molecule has 4 nitrogen and oxygen atoms in total. The molecular weight excluding hydrogens is 272 g/mol. The summed E-state index contributed by atoms with van der Waals surface area (Å²) in [6.07, 6.45) is 0.559. The summed E-state index contributed by atoms with van der Waals surface area (Å²) in [5.74, 6) is 0.0157. The van der Waals surface area contributed by atoms with Crippen LogP contribution in [-0.2, 0) is 0 Å². The highest BCUT2D eigenvalue weighted by Gasteiger charge is 2.28. The number of amides is 1. The van der Waals surface area contributed by atoms with Gasteiger partial charge < -0.3 is 10.1 Å².